The number of hydrogen-bond donors (Lipinski definition) is 2. The summed E-state index contributed by atoms with van der Waals surface area (Å²) in [6.07, 6.45) is 2.61. The number of ether oxygens (including phenoxy) is 1. The van der Waals surface area contributed by atoms with Crippen LogP contribution < -0.4 is 10.1 Å². The van der Waals surface area contributed by atoms with Gasteiger partial charge in [-0.05, 0) is 50.7 Å². The molecule has 0 radical (unpaired) electrons. The summed E-state index contributed by atoms with van der Waals surface area (Å²) in [4.78, 5) is 12.0. The molecule has 0 saturated heterocycles. The predicted octanol–water partition coefficient (Wildman–Crippen LogP) is 2.26. The highest BCUT2D eigenvalue weighted by atomic mass is 19.1. The number of benzene rings is 1. The summed E-state index contributed by atoms with van der Waals surface area (Å²) in [6.45, 7) is 2.24. The van der Waals surface area contributed by atoms with Crippen molar-refractivity contribution in [3.8, 4) is 5.75 Å². The van der Waals surface area contributed by atoms with Gasteiger partial charge in [0, 0.05) is 12.6 Å². The monoisotopic (exact) mass is 295 g/mol. The van der Waals surface area contributed by atoms with Crippen LogP contribution in [0.25, 0.3) is 0 Å². The van der Waals surface area contributed by atoms with Crippen LogP contribution in [-0.2, 0) is 4.79 Å². The largest absolute Gasteiger partial charge is 0.481 e. The van der Waals surface area contributed by atoms with Crippen LogP contribution in [0.2, 0.25) is 0 Å². The second-order valence-corrected chi connectivity index (χ2v) is 5.64. The van der Waals surface area contributed by atoms with Crippen LogP contribution in [0.1, 0.15) is 32.6 Å². The zero-order valence-corrected chi connectivity index (χ0v) is 12.2. The number of halogens is 1. The second-order valence-electron chi connectivity index (χ2n) is 5.64. The lowest BCUT2D eigenvalue weighted by molar-refractivity contribution is -0.127. The molecule has 1 aliphatic carbocycles. The van der Waals surface area contributed by atoms with Gasteiger partial charge in [-0.2, -0.15) is 0 Å². The van der Waals surface area contributed by atoms with E-state index in [-0.39, 0.29) is 17.8 Å². The summed E-state index contributed by atoms with van der Waals surface area (Å²) in [6, 6.07) is 5.75. The van der Waals surface area contributed by atoms with Crippen molar-refractivity contribution in [2.24, 2.45) is 5.92 Å². The molecule has 1 aromatic rings. The Hall–Kier alpha value is -1.62. The first-order valence-corrected chi connectivity index (χ1v) is 7.42. The zero-order valence-electron chi connectivity index (χ0n) is 12.2. The molecule has 2 N–H and O–H groups in total. The smallest absolute Gasteiger partial charge is 0.260 e. The van der Waals surface area contributed by atoms with Crippen molar-refractivity contribution in [2.45, 2.75) is 44.8 Å². The number of aliphatic hydroxyl groups is 1. The van der Waals surface area contributed by atoms with E-state index >= 15 is 0 Å². The molecule has 1 aliphatic rings. The lowest BCUT2D eigenvalue weighted by Gasteiger charge is -2.26. The predicted molar refractivity (Wildman–Crippen MR) is 77.5 cm³/mol. The number of amides is 1. The van der Waals surface area contributed by atoms with E-state index in [1.165, 1.54) is 12.1 Å². The Kier molecular flexibility index (Phi) is 5.56. The van der Waals surface area contributed by atoms with Crippen LogP contribution in [0.15, 0.2) is 24.3 Å². The zero-order chi connectivity index (χ0) is 15.2. The van der Waals surface area contributed by atoms with Gasteiger partial charge >= 0.3 is 0 Å². The van der Waals surface area contributed by atoms with E-state index in [1.54, 1.807) is 19.1 Å². The quantitative estimate of drug-likeness (QED) is 0.876. The highest BCUT2D eigenvalue weighted by Crippen LogP contribution is 2.23. The van der Waals surface area contributed by atoms with Crippen molar-refractivity contribution in [1.82, 2.24) is 5.32 Å². The van der Waals surface area contributed by atoms with Crippen LogP contribution in [0, 0.1) is 11.7 Å². The van der Waals surface area contributed by atoms with E-state index in [0.717, 1.165) is 25.7 Å². The van der Waals surface area contributed by atoms with Crippen LogP contribution in [0.5, 0.6) is 5.75 Å². The molecule has 1 amide bonds. The highest BCUT2D eigenvalue weighted by molar-refractivity contribution is 5.80. The summed E-state index contributed by atoms with van der Waals surface area (Å²) in [5.41, 5.74) is 0. The van der Waals surface area contributed by atoms with E-state index in [0.29, 0.717) is 18.2 Å². The maximum atomic E-state index is 13.0. The summed E-state index contributed by atoms with van der Waals surface area (Å²) in [5, 5.41) is 12.3. The minimum Gasteiger partial charge on any atom is -0.481 e. The third-order valence-electron chi connectivity index (χ3n) is 3.86. The summed E-state index contributed by atoms with van der Waals surface area (Å²) in [7, 11) is 0. The van der Waals surface area contributed by atoms with Gasteiger partial charge in [0.05, 0.1) is 6.10 Å². The molecule has 2 rings (SSSR count). The summed E-state index contributed by atoms with van der Waals surface area (Å²) >= 11 is 0. The molecular formula is C16H22FNO3. The standard InChI is InChI=1S/C16H22FNO3/c1-11(21-15-4-2-3-13(17)9-15)16(20)18-10-12-5-7-14(19)8-6-12/h2-4,9,11-12,14,19H,5-8,10H2,1H3,(H,18,20). The fourth-order valence-corrected chi connectivity index (χ4v) is 2.54. The molecule has 1 fully saturated rings. The minimum atomic E-state index is -0.666. The Labute approximate surface area is 124 Å². The van der Waals surface area contributed by atoms with Gasteiger partial charge < -0.3 is 15.2 Å². The average molecular weight is 295 g/mol. The van der Waals surface area contributed by atoms with Crippen molar-refractivity contribution < 1.29 is 19.0 Å². The van der Waals surface area contributed by atoms with Gasteiger partial charge in [-0.15, -0.1) is 0 Å². The van der Waals surface area contributed by atoms with Crippen molar-refractivity contribution in [3.63, 3.8) is 0 Å². The Morgan fingerprint density at radius 2 is 2.14 bits per heavy atom. The number of nitrogens with one attached hydrogen (secondary N) is 1. The fraction of sp³-hybridized carbons (Fsp3) is 0.562. The first-order valence-electron chi connectivity index (χ1n) is 7.42. The summed E-state index contributed by atoms with van der Waals surface area (Å²) < 4.78 is 18.5. The minimum absolute atomic E-state index is 0.188. The van der Waals surface area contributed by atoms with Gasteiger partial charge in [-0.3, -0.25) is 4.79 Å². The van der Waals surface area contributed by atoms with Crippen molar-refractivity contribution in [2.75, 3.05) is 6.54 Å². The molecule has 1 aromatic carbocycles. The third-order valence-corrected chi connectivity index (χ3v) is 3.86. The first kappa shape index (κ1) is 15.8. The van der Waals surface area contributed by atoms with Gasteiger partial charge in [-0.1, -0.05) is 6.07 Å². The molecule has 21 heavy (non-hydrogen) atoms. The number of rotatable bonds is 5. The molecule has 4 nitrogen and oxygen atoms in total. The fourth-order valence-electron chi connectivity index (χ4n) is 2.54. The maximum Gasteiger partial charge on any atom is 0.260 e. The lowest BCUT2D eigenvalue weighted by Crippen LogP contribution is -2.39. The molecule has 0 bridgehead atoms. The number of carbonyl (C=O) groups excluding carboxylic acids is 1. The Bertz CT molecular complexity index is 472. The molecule has 0 aliphatic heterocycles. The normalized spacial score (nSPS) is 23.4. The van der Waals surface area contributed by atoms with Gasteiger partial charge in [0.15, 0.2) is 6.10 Å². The van der Waals surface area contributed by atoms with Crippen LogP contribution in [0.3, 0.4) is 0 Å². The number of hydrogen-bond acceptors (Lipinski definition) is 3. The molecule has 0 aromatic heterocycles. The van der Waals surface area contributed by atoms with E-state index in [1.807, 2.05) is 0 Å². The van der Waals surface area contributed by atoms with Crippen molar-refractivity contribution in [3.05, 3.63) is 30.1 Å². The lowest BCUT2D eigenvalue weighted by atomic mass is 9.87. The average Bonchev–Trinajstić information content (AvgIpc) is 2.46. The highest BCUT2D eigenvalue weighted by Gasteiger charge is 2.21. The van der Waals surface area contributed by atoms with Crippen LogP contribution in [-0.4, -0.2) is 29.8 Å². The van der Waals surface area contributed by atoms with E-state index < -0.39 is 6.10 Å². The maximum absolute atomic E-state index is 13.0. The second kappa shape index (κ2) is 7.41. The van der Waals surface area contributed by atoms with Gasteiger partial charge in [0.2, 0.25) is 0 Å². The van der Waals surface area contributed by atoms with Gasteiger partial charge in [0.25, 0.3) is 5.91 Å². The molecule has 1 unspecified atom stereocenters. The first-order chi connectivity index (χ1) is 10.0. The van der Waals surface area contributed by atoms with E-state index in [4.69, 9.17) is 4.74 Å². The molecular weight excluding hydrogens is 273 g/mol. The van der Waals surface area contributed by atoms with Crippen molar-refractivity contribution >= 4 is 5.91 Å². The Morgan fingerprint density at radius 1 is 1.43 bits per heavy atom. The number of carbonyl (C=O) groups is 1. The molecule has 0 spiro atoms. The summed E-state index contributed by atoms with van der Waals surface area (Å²) in [5.74, 6) is 0.170. The molecule has 5 heteroatoms. The van der Waals surface area contributed by atoms with Crippen LogP contribution >= 0.6 is 0 Å². The van der Waals surface area contributed by atoms with E-state index in [2.05, 4.69) is 5.32 Å². The molecule has 0 heterocycles. The molecule has 1 atom stereocenters. The Balaban J connectivity index is 1.75. The topological polar surface area (TPSA) is 58.6 Å². The Morgan fingerprint density at radius 3 is 2.81 bits per heavy atom. The van der Waals surface area contributed by atoms with Gasteiger partial charge in [-0.25, -0.2) is 4.39 Å². The van der Waals surface area contributed by atoms with Gasteiger partial charge in [0.1, 0.15) is 11.6 Å². The van der Waals surface area contributed by atoms with Crippen LogP contribution in [0.4, 0.5) is 4.39 Å². The number of aliphatic hydroxyl groups excluding tert-OH is 1. The molecule has 1 saturated carbocycles. The SMILES string of the molecule is CC(Oc1cccc(F)c1)C(=O)NCC1CCC(O)CC1. The third kappa shape index (κ3) is 5.01. The molecule has 116 valence electrons. The van der Waals surface area contributed by atoms with E-state index in [9.17, 15) is 14.3 Å². The van der Waals surface area contributed by atoms with Crippen molar-refractivity contribution in [1.29, 1.82) is 0 Å².